The Labute approximate surface area is 73.2 Å². The van der Waals surface area contributed by atoms with Gasteiger partial charge in [-0.15, -0.1) is 0 Å². The van der Waals surface area contributed by atoms with Crippen LogP contribution < -0.4 is 9.88 Å². The maximum atomic E-state index is 3.49. The highest BCUT2D eigenvalue weighted by molar-refractivity contribution is 5.12. The summed E-state index contributed by atoms with van der Waals surface area (Å²) in [4.78, 5) is 0. The molecule has 0 unspecified atom stereocenters. The van der Waals surface area contributed by atoms with Crippen LogP contribution >= 0.6 is 0 Å². The van der Waals surface area contributed by atoms with Gasteiger partial charge in [0.05, 0.1) is 0 Å². The molecule has 64 valence electrons. The first kappa shape index (κ1) is 7.74. The molecule has 0 bridgehead atoms. The van der Waals surface area contributed by atoms with Gasteiger partial charge in [-0.05, 0) is 25.5 Å². The van der Waals surface area contributed by atoms with Crippen molar-refractivity contribution in [3.8, 4) is 0 Å². The number of hydrogen-bond acceptors (Lipinski definition) is 1. The van der Waals surface area contributed by atoms with Crippen LogP contribution in [0.3, 0.4) is 0 Å². The summed E-state index contributed by atoms with van der Waals surface area (Å²) in [5, 5.41) is 3.49. The van der Waals surface area contributed by atoms with Gasteiger partial charge in [-0.3, -0.25) is 0 Å². The standard InChI is InChI=1S/C10H15N2/c1-12-7-3-4-9(8-12)10-5-2-6-11-10/h3-4,7-8,10-11H,2,5-6H2,1H3/q+1/t10-/m0/s1. The number of aromatic nitrogens is 1. The number of aryl methyl sites for hydroxylation is 1. The van der Waals surface area contributed by atoms with Crippen molar-refractivity contribution in [2.45, 2.75) is 18.9 Å². The molecule has 1 fully saturated rings. The molecule has 0 aliphatic carbocycles. The Morgan fingerprint density at radius 3 is 3.17 bits per heavy atom. The van der Waals surface area contributed by atoms with E-state index >= 15 is 0 Å². The Kier molecular flexibility index (Phi) is 2.09. The molecule has 12 heavy (non-hydrogen) atoms. The molecule has 2 heterocycles. The predicted molar refractivity (Wildman–Crippen MR) is 47.6 cm³/mol. The van der Waals surface area contributed by atoms with Crippen molar-refractivity contribution in [3.05, 3.63) is 30.1 Å². The van der Waals surface area contributed by atoms with Gasteiger partial charge < -0.3 is 5.32 Å². The van der Waals surface area contributed by atoms with Gasteiger partial charge >= 0.3 is 0 Å². The van der Waals surface area contributed by atoms with Gasteiger partial charge in [0.15, 0.2) is 12.4 Å². The molecule has 1 saturated heterocycles. The quantitative estimate of drug-likeness (QED) is 0.609. The third-order valence-corrected chi connectivity index (χ3v) is 2.43. The molecule has 1 N–H and O–H groups in total. The molecular weight excluding hydrogens is 148 g/mol. The Balaban J connectivity index is 2.21. The third kappa shape index (κ3) is 1.48. The van der Waals surface area contributed by atoms with Gasteiger partial charge in [-0.2, -0.15) is 0 Å². The zero-order chi connectivity index (χ0) is 8.39. The first-order valence-corrected chi connectivity index (χ1v) is 4.55. The first-order chi connectivity index (χ1) is 5.86. The number of hydrogen-bond donors (Lipinski definition) is 1. The summed E-state index contributed by atoms with van der Waals surface area (Å²) >= 11 is 0. The van der Waals surface area contributed by atoms with Crippen LogP contribution in [0.2, 0.25) is 0 Å². The van der Waals surface area contributed by atoms with Crippen LogP contribution in [-0.4, -0.2) is 6.54 Å². The van der Waals surface area contributed by atoms with Gasteiger partial charge in [0.1, 0.15) is 7.05 Å². The van der Waals surface area contributed by atoms with E-state index in [4.69, 9.17) is 0 Å². The van der Waals surface area contributed by atoms with E-state index in [9.17, 15) is 0 Å². The van der Waals surface area contributed by atoms with E-state index in [-0.39, 0.29) is 0 Å². The van der Waals surface area contributed by atoms with E-state index in [1.807, 2.05) is 0 Å². The molecule has 2 nitrogen and oxygen atoms in total. The third-order valence-electron chi connectivity index (χ3n) is 2.43. The van der Waals surface area contributed by atoms with Crippen LogP contribution in [-0.2, 0) is 7.05 Å². The number of rotatable bonds is 1. The minimum Gasteiger partial charge on any atom is -0.310 e. The maximum absolute atomic E-state index is 3.49. The van der Waals surface area contributed by atoms with Crippen molar-refractivity contribution >= 4 is 0 Å². The van der Waals surface area contributed by atoms with Crippen molar-refractivity contribution in [1.29, 1.82) is 0 Å². The minimum atomic E-state index is 0.595. The average Bonchev–Trinajstić information content (AvgIpc) is 2.56. The van der Waals surface area contributed by atoms with Crippen LogP contribution in [0, 0.1) is 0 Å². The molecule has 0 spiro atoms. The Morgan fingerprint density at radius 1 is 1.58 bits per heavy atom. The van der Waals surface area contributed by atoms with Gasteiger partial charge in [-0.25, -0.2) is 4.57 Å². The lowest BCUT2D eigenvalue weighted by molar-refractivity contribution is -0.672. The molecule has 1 aliphatic rings. The Hall–Kier alpha value is -0.890. The summed E-state index contributed by atoms with van der Waals surface area (Å²) in [7, 11) is 2.07. The molecule has 2 rings (SSSR count). The molecule has 0 aromatic carbocycles. The van der Waals surface area contributed by atoms with E-state index < -0.39 is 0 Å². The summed E-state index contributed by atoms with van der Waals surface area (Å²) < 4.78 is 2.11. The Morgan fingerprint density at radius 2 is 2.50 bits per heavy atom. The fraction of sp³-hybridized carbons (Fsp3) is 0.500. The van der Waals surface area contributed by atoms with Crippen molar-refractivity contribution < 1.29 is 4.57 Å². The van der Waals surface area contributed by atoms with Crippen LogP contribution in [0.4, 0.5) is 0 Å². The second-order valence-electron chi connectivity index (χ2n) is 3.45. The number of nitrogens with zero attached hydrogens (tertiary/aromatic N) is 1. The van der Waals surface area contributed by atoms with E-state index in [1.165, 1.54) is 24.9 Å². The number of pyridine rings is 1. The van der Waals surface area contributed by atoms with E-state index in [2.05, 4.69) is 41.5 Å². The predicted octanol–water partition coefficient (Wildman–Crippen LogP) is 0.936. The van der Waals surface area contributed by atoms with Crippen molar-refractivity contribution in [3.63, 3.8) is 0 Å². The van der Waals surface area contributed by atoms with Gasteiger partial charge in [0.2, 0.25) is 0 Å². The highest BCUT2D eigenvalue weighted by Crippen LogP contribution is 2.20. The zero-order valence-corrected chi connectivity index (χ0v) is 7.46. The van der Waals surface area contributed by atoms with Crippen LogP contribution in [0.1, 0.15) is 24.4 Å². The first-order valence-electron chi connectivity index (χ1n) is 4.55. The van der Waals surface area contributed by atoms with Crippen molar-refractivity contribution in [2.24, 2.45) is 7.05 Å². The van der Waals surface area contributed by atoms with Crippen molar-refractivity contribution in [1.82, 2.24) is 5.32 Å². The second-order valence-corrected chi connectivity index (χ2v) is 3.45. The van der Waals surface area contributed by atoms with Gasteiger partial charge in [0, 0.05) is 17.7 Å². The lowest BCUT2D eigenvalue weighted by Crippen LogP contribution is -2.28. The fourth-order valence-electron chi connectivity index (χ4n) is 1.79. The molecule has 1 aliphatic heterocycles. The highest BCUT2D eigenvalue weighted by atomic mass is 14.9. The van der Waals surface area contributed by atoms with Crippen molar-refractivity contribution in [2.75, 3.05) is 6.54 Å². The number of nitrogens with one attached hydrogen (secondary N) is 1. The largest absolute Gasteiger partial charge is 0.310 e. The summed E-state index contributed by atoms with van der Waals surface area (Å²) in [6.07, 6.45) is 6.86. The van der Waals surface area contributed by atoms with Crippen LogP contribution in [0.25, 0.3) is 0 Å². The summed E-state index contributed by atoms with van der Waals surface area (Å²) in [5.41, 5.74) is 1.41. The molecule has 1 atom stereocenters. The normalized spacial score (nSPS) is 22.9. The summed E-state index contributed by atoms with van der Waals surface area (Å²) in [6.45, 7) is 1.17. The highest BCUT2D eigenvalue weighted by Gasteiger charge is 2.17. The van der Waals surface area contributed by atoms with E-state index in [0.717, 1.165) is 0 Å². The van der Waals surface area contributed by atoms with Crippen LogP contribution in [0.15, 0.2) is 24.5 Å². The molecule has 0 saturated carbocycles. The molecular formula is C10H15N2+. The lowest BCUT2D eigenvalue weighted by atomic mass is 10.1. The lowest BCUT2D eigenvalue weighted by Gasteiger charge is -2.07. The van der Waals surface area contributed by atoms with Gasteiger partial charge in [-0.1, -0.05) is 0 Å². The maximum Gasteiger partial charge on any atom is 0.173 e. The summed E-state index contributed by atoms with van der Waals surface area (Å²) in [5.74, 6) is 0. The smallest absolute Gasteiger partial charge is 0.173 e. The average molecular weight is 163 g/mol. The van der Waals surface area contributed by atoms with Crippen LogP contribution in [0.5, 0.6) is 0 Å². The molecule has 0 radical (unpaired) electrons. The monoisotopic (exact) mass is 163 g/mol. The Bertz CT molecular complexity index is 264. The van der Waals surface area contributed by atoms with E-state index in [0.29, 0.717) is 6.04 Å². The summed E-state index contributed by atoms with van der Waals surface area (Å²) in [6, 6.07) is 4.90. The second kappa shape index (κ2) is 3.23. The topological polar surface area (TPSA) is 15.9 Å². The van der Waals surface area contributed by atoms with Gasteiger partial charge in [0.25, 0.3) is 0 Å². The molecule has 1 aromatic rings. The zero-order valence-electron chi connectivity index (χ0n) is 7.46. The fourth-order valence-corrected chi connectivity index (χ4v) is 1.79. The molecule has 2 heteroatoms. The SMILES string of the molecule is C[n+]1cccc([C@@H]2CCCN2)c1. The minimum absolute atomic E-state index is 0.595. The molecule has 1 aromatic heterocycles. The van der Waals surface area contributed by atoms with E-state index in [1.54, 1.807) is 0 Å². The molecule has 0 amide bonds.